The van der Waals surface area contributed by atoms with Crippen molar-refractivity contribution in [2.45, 2.75) is 33.2 Å². The van der Waals surface area contributed by atoms with Gasteiger partial charge in [-0.15, -0.1) is 0 Å². The number of nitrogens with two attached hydrogens (primary N) is 1. The molecule has 8 heteroatoms. The highest BCUT2D eigenvalue weighted by atomic mass is 15.3. The molecule has 0 saturated carbocycles. The number of nitrogen functional groups attached to an aromatic ring is 1. The van der Waals surface area contributed by atoms with Crippen molar-refractivity contribution in [1.82, 2.24) is 29.7 Å². The van der Waals surface area contributed by atoms with Gasteiger partial charge in [0, 0.05) is 48.5 Å². The van der Waals surface area contributed by atoms with Gasteiger partial charge in [0.05, 0.1) is 5.69 Å². The topological polar surface area (TPSA) is 107 Å². The van der Waals surface area contributed by atoms with Crippen LogP contribution in [0.1, 0.15) is 33.2 Å². The molecule has 0 aliphatic carbocycles. The van der Waals surface area contributed by atoms with Crippen molar-refractivity contribution in [1.29, 1.82) is 0 Å². The van der Waals surface area contributed by atoms with E-state index in [1.54, 1.807) is 18.6 Å². The quantitative estimate of drug-likeness (QED) is 0.711. The van der Waals surface area contributed by atoms with E-state index in [4.69, 9.17) is 10.8 Å². The molecule has 25 heavy (non-hydrogen) atoms. The number of aromatic nitrogens is 6. The molecule has 3 aromatic heterocycles. The average Bonchev–Trinajstić information content (AvgIpc) is 3.06. The SMILES string of the molecule is CCCNc1nccc(-c2cn(C(C)C)nc2-c2cnc(N)nc2)n1. The van der Waals surface area contributed by atoms with E-state index in [1.165, 1.54) is 0 Å². The molecule has 0 bridgehead atoms. The molecule has 8 nitrogen and oxygen atoms in total. The van der Waals surface area contributed by atoms with Gasteiger partial charge in [0.1, 0.15) is 5.69 Å². The predicted molar refractivity (Wildman–Crippen MR) is 97.9 cm³/mol. The molecule has 0 aliphatic heterocycles. The summed E-state index contributed by atoms with van der Waals surface area (Å²) in [5.41, 5.74) is 8.87. The monoisotopic (exact) mass is 338 g/mol. The lowest BCUT2D eigenvalue weighted by atomic mass is 10.1. The van der Waals surface area contributed by atoms with Crippen LogP contribution < -0.4 is 11.1 Å². The fourth-order valence-electron chi connectivity index (χ4n) is 2.35. The Morgan fingerprint density at radius 3 is 2.64 bits per heavy atom. The molecule has 0 atom stereocenters. The Hall–Kier alpha value is -3.03. The normalized spacial score (nSPS) is 11.0. The molecule has 3 rings (SSSR count). The number of anilines is 2. The molecular formula is C17H22N8. The molecule has 130 valence electrons. The van der Waals surface area contributed by atoms with Crippen LogP contribution in [0, 0.1) is 0 Å². The highest BCUT2D eigenvalue weighted by Crippen LogP contribution is 2.30. The summed E-state index contributed by atoms with van der Waals surface area (Å²) in [5.74, 6) is 0.845. The number of nitrogens with zero attached hydrogens (tertiary/aromatic N) is 6. The lowest BCUT2D eigenvalue weighted by molar-refractivity contribution is 0.534. The van der Waals surface area contributed by atoms with Crippen molar-refractivity contribution in [3.63, 3.8) is 0 Å². The lowest BCUT2D eigenvalue weighted by Crippen LogP contribution is -2.04. The third-order valence-corrected chi connectivity index (χ3v) is 3.67. The molecule has 0 saturated heterocycles. The molecule has 3 N–H and O–H groups in total. The van der Waals surface area contributed by atoms with Crippen LogP contribution >= 0.6 is 0 Å². The first kappa shape index (κ1) is 16.8. The van der Waals surface area contributed by atoms with Crippen molar-refractivity contribution in [3.05, 3.63) is 30.9 Å². The van der Waals surface area contributed by atoms with E-state index in [0.717, 1.165) is 35.5 Å². The fraction of sp³-hybridized carbons (Fsp3) is 0.353. The first-order valence-electron chi connectivity index (χ1n) is 8.32. The molecule has 0 unspecified atom stereocenters. The third-order valence-electron chi connectivity index (χ3n) is 3.67. The molecular weight excluding hydrogens is 316 g/mol. The highest BCUT2D eigenvalue weighted by molar-refractivity contribution is 5.78. The van der Waals surface area contributed by atoms with Crippen molar-refractivity contribution in [2.24, 2.45) is 0 Å². The Balaban J connectivity index is 2.07. The summed E-state index contributed by atoms with van der Waals surface area (Å²) in [6.07, 6.45) is 8.10. The Labute approximate surface area is 146 Å². The third kappa shape index (κ3) is 3.73. The Morgan fingerprint density at radius 1 is 1.20 bits per heavy atom. The van der Waals surface area contributed by atoms with E-state index in [1.807, 2.05) is 16.9 Å². The van der Waals surface area contributed by atoms with Gasteiger partial charge in [-0.05, 0) is 26.3 Å². The summed E-state index contributed by atoms with van der Waals surface area (Å²) >= 11 is 0. The van der Waals surface area contributed by atoms with Crippen LogP contribution in [0.15, 0.2) is 30.9 Å². The summed E-state index contributed by atoms with van der Waals surface area (Å²) in [4.78, 5) is 17.0. The maximum Gasteiger partial charge on any atom is 0.223 e. The zero-order valence-corrected chi connectivity index (χ0v) is 14.6. The average molecular weight is 338 g/mol. The van der Waals surface area contributed by atoms with Gasteiger partial charge < -0.3 is 11.1 Å². The van der Waals surface area contributed by atoms with Crippen molar-refractivity contribution in [2.75, 3.05) is 17.6 Å². The maximum absolute atomic E-state index is 5.60. The predicted octanol–water partition coefficient (Wildman–Crippen LogP) is 2.78. The van der Waals surface area contributed by atoms with E-state index in [-0.39, 0.29) is 12.0 Å². The smallest absolute Gasteiger partial charge is 0.223 e. The summed E-state index contributed by atoms with van der Waals surface area (Å²) in [6.45, 7) is 7.08. The first-order chi connectivity index (χ1) is 12.1. The van der Waals surface area contributed by atoms with Gasteiger partial charge in [-0.2, -0.15) is 5.10 Å². The van der Waals surface area contributed by atoms with Crippen molar-refractivity contribution in [3.8, 4) is 22.5 Å². The van der Waals surface area contributed by atoms with Gasteiger partial charge >= 0.3 is 0 Å². The summed E-state index contributed by atoms with van der Waals surface area (Å²) in [7, 11) is 0. The van der Waals surface area contributed by atoms with E-state index in [2.05, 4.69) is 46.0 Å². The van der Waals surface area contributed by atoms with Crippen LogP contribution in [-0.2, 0) is 0 Å². The molecule has 0 amide bonds. The number of hydrogen-bond donors (Lipinski definition) is 2. The first-order valence-corrected chi connectivity index (χ1v) is 8.32. The Kier molecular flexibility index (Phi) is 4.87. The summed E-state index contributed by atoms with van der Waals surface area (Å²) < 4.78 is 1.91. The van der Waals surface area contributed by atoms with Crippen molar-refractivity contribution >= 4 is 11.9 Å². The Morgan fingerprint density at radius 2 is 1.96 bits per heavy atom. The van der Waals surface area contributed by atoms with Crippen molar-refractivity contribution < 1.29 is 0 Å². The minimum Gasteiger partial charge on any atom is -0.368 e. The molecule has 3 aromatic rings. The molecule has 0 radical (unpaired) electrons. The second-order valence-electron chi connectivity index (χ2n) is 5.99. The minimum atomic E-state index is 0.224. The zero-order chi connectivity index (χ0) is 17.8. The van der Waals surface area contributed by atoms with Gasteiger partial charge in [-0.25, -0.2) is 19.9 Å². The minimum absolute atomic E-state index is 0.224. The second-order valence-corrected chi connectivity index (χ2v) is 5.99. The summed E-state index contributed by atoms with van der Waals surface area (Å²) in [6, 6.07) is 2.10. The largest absolute Gasteiger partial charge is 0.368 e. The van der Waals surface area contributed by atoms with Gasteiger partial charge in [0.25, 0.3) is 0 Å². The summed E-state index contributed by atoms with van der Waals surface area (Å²) in [5, 5.41) is 7.90. The van der Waals surface area contributed by atoms with Crippen LogP contribution in [0.2, 0.25) is 0 Å². The van der Waals surface area contributed by atoms with E-state index >= 15 is 0 Å². The van der Waals surface area contributed by atoms with Crippen LogP contribution in [-0.4, -0.2) is 36.3 Å². The highest BCUT2D eigenvalue weighted by Gasteiger charge is 2.17. The van der Waals surface area contributed by atoms with Gasteiger partial charge in [0.15, 0.2) is 0 Å². The van der Waals surface area contributed by atoms with Gasteiger partial charge in [-0.3, -0.25) is 4.68 Å². The molecule has 0 aliphatic rings. The Bertz CT molecular complexity index is 838. The van der Waals surface area contributed by atoms with E-state index < -0.39 is 0 Å². The molecule has 0 fully saturated rings. The van der Waals surface area contributed by atoms with Crippen LogP contribution in [0.3, 0.4) is 0 Å². The zero-order valence-electron chi connectivity index (χ0n) is 14.6. The number of hydrogen-bond acceptors (Lipinski definition) is 7. The maximum atomic E-state index is 5.60. The molecule has 3 heterocycles. The van der Waals surface area contributed by atoms with Crippen LogP contribution in [0.4, 0.5) is 11.9 Å². The fourth-order valence-corrected chi connectivity index (χ4v) is 2.35. The number of rotatable bonds is 6. The van der Waals surface area contributed by atoms with E-state index in [0.29, 0.717) is 5.95 Å². The second kappa shape index (κ2) is 7.25. The van der Waals surface area contributed by atoms with Gasteiger partial charge in [-0.1, -0.05) is 6.92 Å². The van der Waals surface area contributed by atoms with Crippen LogP contribution in [0.25, 0.3) is 22.5 Å². The molecule has 0 aromatic carbocycles. The van der Waals surface area contributed by atoms with Gasteiger partial charge in [0.2, 0.25) is 11.9 Å². The standard InChI is InChI=1S/C17H22N8/c1-4-6-19-17-20-7-5-14(23-17)13-10-25(11(2)3)24-15(13)12-8-21-16(18)22-9-12/h5,7-11H,4,6H2,1-3H3,(H2,18,21,22)(H,19,20,23). The molecule has 0 spiro atoms. The number of nitrogens with one attached hydrogen (secondary N) is 1. The van der Waals surface area contributed by atoms with E-state index in [9.17, 15) is 0 Å². The lowest BCUT2D eigenvalue weighted by Gasteiger charge is -2.05. The van der Waals surface area contributed by atoms with Crippen LogP contribution in [0.5, 0.6) is 0 Å².